The van der Waals surface area contributed by atoms with Gasteiger partial charge in [-0.25, -0.2) is 0 Å². The second-order valence-electron chi connectivity index (χ2n) is 8.95. The maximum Gasteiger partial charge on any atom is 0.187 e. The van der Waals surface area contributed by atoms with Gasteiger partial charge in [0.25, 0.3) is 0 Å². The first-order valence-corrected chi connectivity index (χ1v) is 9.62. The van der Waals surface area contributed by atoms with Gasteiger partial charge in [-0.15, -0.1) is 0 Å². The number of ether oxygens (including phenoxy) is 3. The number of fused-ring (bicyclic) bond motifs is 1. The van der Waals surface area contributed by atoms with E-state index in [4.69, 9.17) is 14.2 Å². The molecule has 0 aromatic rings. The molecule has 28 heavy (non-hydrogen) atoms. The highest BCUT2D eigenvalue weighted by Crippen LogP contribution is 2.66. The molecule has 2 heterocycles. The van der Waals surface area contributed by atoms with Crippen molar-refractivity contribution in [3.63, 3.8) is 0 Å². The van der Waals surface area contributed by atoms with Crippen molar-refractivity contribution in [2.75, 3.05) is 6.61 Å². The lowest BCUT2D eigenvalue weighted by Crippen LogP contribution is -2.62. The molecule has 0 radical (unpaired) electrons. The Labute approximate surface area is 164 Å². The highest BCUT2D eigenvalue weighted by atomic mass is 16.7. The van der Waals surface area contributed by atoms with E-state index in [9.17, 15) is 30.6 Å². The molecule has 3 fully saturated rings. The van der Waals surface area contributed by atoms with Crippen molar-refractivity contribution in [3.8, 4) is 0 Å². The molecule has 3 aliphatic rings. The van der Waals surface area contributed by atoms with Crippen molar-refractivity contribution in [2.45, 2.75) is 94.3 Å². The zero-order valence-electron chi connectivity index (χ0n) is 16.6. The fourth-order valence-corrected chi connectivity index (χ4v) is 4.69. The van der Waals surface area contributed by atoms with Crippen molar-refractivity contribution < 1.29 is 44.8 Å². The molecule has 162 valence electrons. The van der Waals surface area contributed by atoms with Crippen LogP contribution in [-0.4, -0.2) is 97.5 Å². The Kier molecular flexibility index (Phi) is 5.72. The van der Waals surface area contributed by atoms with E-state index < -0.39 is 72.2 Å². The first kappa shape index (κ1) is 22.1. The lowest BCUT2D eigenvalue weighted by molar-refractivity contribution is -0.322. The average Bonchev–Trinajstić information content (AvgIpc) is 3.27. The summed E-state index contributed by atoms with van der Waals surface area (Å²) in [5, 5.41) is 59.9. The number of aliphatic hydroxyl groups is 6. The third kappa shape index (κ3) is 3.23. The van der Waals surface area contributed by atoms with E-state index in [-0.39, 0.29) is 0 Å². The van der Waals surface area contributed by atoms with Gasteiger partial charge in [0.05, 0.1) is 18.8 Å². The molecular formula is C19H32O9. The van der Waals surface area contributed by atoms with Crippen molar-refractivity contribution in [3.05, 3.63) is 12.2 Å². The van der Waals surface area contributed by atoms with Crippen LogP contribution in [0.3, 0.4) is 0 Å². The van der Waals surface area contributed by atoms with E-state index in [1.54, 1.807) is 26.0 Å². The Morgan fingerprint density at radius 3 is 2.32 bits per heavy atom. The van der Waals surface area contributed by atoms with Crippen LogP contribution >= 0.6 is 0 Å². The van der Waals surface area contributed by atoms with E-state index in [0.29, 0.717) is 6.42 Å². The van der Waals surface area contributed by atoms with Crippen LogP contribution in [0.25, 0.3) is 0 Å². The zero-order valence-corrected chi connectivity index (χ0v) is 16.6. The molecule has 0 aromatic carbocycles. The van der Waals surface area contributed by atoms with E-state index in [0.717, 1.165) is 0 Å². The van der Waals surface area contributed by atoms with Gasteiger partial charge in [-0.05, 0) is 20.3 Å². The van der Waals surface area contributed by atoms with Gasteiger partial charge in [-0.2, -0.15) is 0 Å². The molecule has 0 unspecified atom stereocenters. The van der Waals surface area contributed by atoms with Crippen molar-refractivity contribution in [1.29, 1.82) is 0 Å². The minimum absolute atomic E-state index is 0.350. The first-order valence-electron chi connectivity index (χ1n) is 9.62. The Morgan fingerprint density at radius 1 is 1.11 bits per heavy atom. The summed E-state index contributed by atoms with van der Waals surface area (Å²) < 4.78 is 17.2. The third-order valence-electron chi connectivity index (χ3n) is 6.47. The molecule has 9 heteroatoms. The summed E-state index contributed by atoms with van der Waals surface area (Å²) in [6.07, 6.45) is -5.72. The number of hydrogen-bond donors (Lipinski definition) is 6. The molecule has 0 spiro atoms. The van der Waals surface area contributed by atoms with Gasteiger partial charge in [0.2, 0.25) is 0 Å². The molecule has 10 atom stereocenters. The monoisotopic (exact) mass is 404 g/mol. The fourth-order valence-electron chi connectivity index (χ4n) is 4.69. The van der Waals surface area contributed by atoms with Gasteiger partial charge in [0.1, 0.15) is 41.7 Å². The molecule has 0 amide bonds. The van der Waals surface area contributed by atoms with Gasteiger partial charge >= 0.3 is 0 Å². The Morgan fingerprint density at radius 2 is 1.75 bits per heavy atom. The van der Waals surface area contributed by atoms with Crippen LogP contribution in [0.5, 0.6) is 0 Å². The Balaban J connectivity index is 1.79. The predicted molar refractivity (Wildman–Crippen MR) is 96.1 cm³/mol. The van der Waals surface area contributed by atoms with Crippen molar-refractivity contribution >= 4 is 0 Å². The second kappa shape index (κ2) is 7.26. The highest BCUT2D eigenvalue weighted by Gasteiger charge is 2.79. The summed E-state index contributed by atoms with van der Waals surface area (Å²) in [7, 11) is 0. The molecular weight excluding hydrogens is 372 g/mol. The van der Waals surface area contributed by atoms with Crippen LogP contribution in [0, 0.1) is 5.41 Å². The number of hydrogen-bond acceptors (Lipinski definition) is 9. The second-order valence-corrected chi connectivity index (χ2v) is 8.95. The van der Waals surface area contributed by atoms with Crippen LogP contribution in [0.15, 0.2) is 12.2 Å². The molecule has 3 rings (SSSR count). The van der Waals surface area contributed by atoms with Crippen LogP contribution in [0.4, 0.5) is 0 Å². The lowest BCUT2D eigenvalue weighted by atomic mass is 9.62. The average molecular weight is 404 g/mol. The molecule has 6 N–H and O–H groups in total. The summed E-state index contributed by atoms with van der Waals surface area (Å²) in [5.74, 6) is 0. The minimum atomic E-state index is -1.55. The number of rotatable bonds is 5. The zero-order chi connectivity index (χ0) is 21.1. The topological polar surface area (TPSA) is 152 Å². The van der Waals surface area contributed by atoms with Gasteiger partial charge in [0.15, 0.2) is 6.29 Å². The summed E-state index contributed by atoms with van der Waals surface area (Å²) >= 11 is 0. The van der Waals surface area contributed by atoms with Crippen LogP contribution in [0.2, 0.25) is 0 Å². The molecule has 1 saturated carbocycles. The normalized spacial score (nSPS) is 51.7. The predicted octanol–water partition coefficient (Wildman–Crippen LogP) is -1.57. The number of aliphatic hydroxyl groups excluding tert-OH is 6. The van der Waals surface area contributed by atoms with Gasteiger partial charge in [-0.1, -0.05) is 26.0 Å². The van der Waals surface area contributed by atoms with Crippen LogP contribution < -0.4 is 0 Å². The molecule has 1 aliphatic carbocycles. The standard InChI is InChI=1S/C19H32O9/c1-9(21)5-6-19-17(2,3)7-10(15(25)18(19,4)28-19)26-16-14(24)13(23)12(22)11(8-20)27-16/h5-6,9-16,20-25H,7-8H2,1-4H3/t9-,10-,11+,12+,13-,14+,15-,16+,18-,19+/m0/s1. The fraction of sp³-hybridized carbons (Fsp3) is 0.895. The molecule has 0 aromatic heterocycles. The lowest BCUT2D eigenvalue weighted by Gasteiger charge is -2.46. The third-order valence-corrected chi connectivity index (χ3v) is 6.47. The van der Waals surface area contributed by atoms with E-state index in [1.807, 2.05) is 13.8 Å². The van der Waals surface area contributed by atoms with Gasteiger partial charge in [-0.3, -0.25) is 0 Å². The largest absolute Gasteiger partial charge is 0.394 e. The molecule has 0 bridgehead atoms. The summed E-state index contributed by atoms with van der Waals surface area (Å²) in [6.45, 7) is 6.75. The molecule has 2 saturated heterocycles. The van der Waals surface area contributed by atoms with Crippen molar-refractivity contribution in [2.24, 2.45) is 5.41 Å². The van der Waals surface area contributed by atoms with Gasteiger partial charge in [0, 0.05) is 5.41 Å². The Hall–Kier alpha value is -0.620. The Bertz CT molecular complexity index is 606. The molecule has 2 aliphatic heterocycles. The summed E-state index contributed by atoms with van der Waals surface area (Å²) in [5.41, 5.74) is -2.21. The summed E-state index contributed by atoms with van der Waals surface area (Å²) in [6, 6.07) is 0. The van der Waals surface area contributed by atoms with Crippen LogP contribution in [0.1, 0.15) is 34.1 Å². The number of epoxide rings is 1. The van der Waals surface area contributed by atoms with Crippen LogP contribution in [-0.2, 0) is 14.2 Å². The quantitative estimate of drug-likeness (QED) is 0.236. The summed E-state index contributed by atoms with van der Waals surface area (Å²) in [4.78, 5) is 0. The maximum atomic E-state index is 10.9. The first-order chi connectivity index (χ1) is 12.9. The van der Waals surface area contributed by atoms with Crippen molar-refractivity contribution in [1.82, 2.24) is 0 Å². The van der Waals surface area contributed by atoms with E-state index in [1.165, 1.54) is 0 Å². The van der Waals surface area contributed by atoms with E-state index >= 15 is 0 Å². The molecule has 9 nitrogen and oxygen atoms in total. The minimum Gasteiger partial charge on any atom is -0.394 e. The maximum absolute atomic E-state index is 10.9. The SMILES string of the molecule is C[C@H](O)C=C[C@]12O[C@@]1(C)[C@@H](O)[C@@H](O[C@@H]1O[C@H](CO)[C@@H](O)[C@H](O)[C@H]1O)CC2(C)C. The van der Waals surface area contributed by atoms with Gasteiger partial charge < -0.3 is 44.8 Å². The highest BCUT2D eigenvalue weighted by molar-refractivity contribution is 5.35. The van der Waals surface area contributed by atoms with E-state index in [2.05, 4.69) is 0 Å². The smallest absolute Gasteiger partial charge is 0.187 e.